The first-order chi connectivity index (χ1) is 20.6. The second kappa shape index (κ2) is 19.3. The number of hydrogen-bond donors (Lipinski definition) is 4. The summed E-state index contributed by atoms with van der Waals surface area (Å²) >= 11 is 0. The van der Waals surface area contributed by atoms with Gasteiger partial charge in [-0.15, -0.1) is 10.2 Å². The molecule has 1 fully saturated rings. The summed E-state index contributed by atoms with van der Waals surface area (Å²) in [7, 11) is 0. The Morgan fingerprint density at radius 1 is 0.907 bits per heavy atom. The lowest BCUT2D eigenvalue weighted by molar-refractivity contribution is -0.140. The Kier molecular flexibility index (Phi) is 15.9. The van der Waals surface area contributed by atoms with Gasteiger partial charge >= 0.3 is 0 Å². The maximum absolute atomic E-state index is 12.3. The van der Waals surface area contributed by atoms with Gasteiger partial charge in [-0.2, -0.15) is 0 Å². The summed E-state index contributed by atoms with van der Waals surface area (Å²) in [6.07, 6.45) is 0.515. The molecule has 1 aliphatic heterocycles. The van der Waals surface area contributed by atoms with Crippen molar-refractivity contribution in [1.82, 2.24) is 15.5 Å². The first kappa shape index (κ1) is 35.3. The molecule has 43 heavy (non-hydrogen) atoms. The number of imide groups is 1. The van der Waals surface area contributed by atoms with Crippen molar-refractivity contribution in [2.75, 3.05) is 52.7 Å². The van der Waals surface area contributed by atoms with Crippen molar-refractivity contribution in [3.05, 3.63) is 35.4 Å². The van der Waals surface area contributed by atoms with E-state index in [0.717, 1.165) is 5.56 Å². The van der Waals surface area contributed by atoms with Crippen LogP contribution in [0.2, 0.25) is 0 Å². The highest BCUT2D eigenvalue weighted by Crippen LogP contribution is 2.26. The van der Waals surface area contributed by atoms with Crippen LogP contribution in [0, 0.1) is 11.8 Å². The fraction of sp³-hybridized carbons (Fsp3) is 0.586. The SMILES string of the molecule is C/C(N)=N/N=C(\N)c1ccc(CNC(=O)CCOCCOCCOCCNC(=O)CCN2C(=O)CC(C(C)C)C2=O)cc1. The summed E-state index contributed by atoms with van der Waals surface area (Å²) < 4.78 is 16.3. The van der Waals surface area contributed by atoms with Crippen molar-refractivity contribution in [2.24, 2.45) is 33.5 Å². The Bertz CT molecular complexity index is 1120. The lowest BCUT2D eigenvalue weighted by atomic mass is 9.94. The summed E-state index contributed by atoms with van der Waals surface area (Å²) in [4.78, 5) is 49.5. The van der Waals surface area contributed by atoms with Crippen LogP contribution < -0.4 is 22.1 Å². The van der Waals surface area contributed by atoms with Crippen LogP contribution in [0.15, 0.2) is 34.5 Å². The Morgan fingerprint density at radius 2 is 1.51 bits per heavy atom. The first-order valence-electron chi connectivity index (χ1n) is 14.4. The average molecular weight is 604 g/mol. The summed E-state index contributed by atoms with van der Waals surface area (Å²) in [5.74, 6) is -0.403. The molecule has 2 rings (SSSR count). The molecule has 1 aliphatic rings. The molecule has 1 atom stereocenters. The molecule has 0 aromatic heterocycles. The molecule has 0 bridgehead atoms. The number of hydrogen-bond acceptors (Lipinski definition) is 9. The molecule has 1 heterocycles. The molecule has 0 aliphatic carbocycles. The molecule has 238 valence electrons. The second-order valence-corrected chi connectivity index (χ2v) is 10.3. The van der Waals surface area contributed by atoms with E-state index >= 15 is 0 Å². The zero-order valence-corrected chi connectivity index (χ0v) is 25.3. The number of nitrogens with zero attached hydrogens (tertiary/aromatic N) is 3. The molecular weight excluding hydrogens is 558 g/mol. The standard InChI is InChI=1S/C29H45N7O7/c1-20(2)24-18-27(39)36(29(24)40)11-8-25(37)32-10-13-42-15-17-43-16-14-41-12-9-26(38)33-19-22-4-6-23(7-5-22)28(31)35-34-21(3)30/h4-7,20,24H,8-19H2,1-3H3,(H2,30,34)(H2,31,35)(H,32,37)(H,33,38). The summed E-state index contributed by atoms with van der Waals surface area (Å²) in [5.41, 5.74) is 12.9. The van der Waals surface area contributed by atoms with Crippen LogP contribution in [0.5, 0.6) is 0 Å². The van der Waals surface area contributed by atoms with E-state index < -0.39 is 0 Å². The smallest absolute Gasteiger partial charge is 0.233 e. The zero-order chi connectivity index (χ0) is 31.6. The van der Waals surface area contributed by atoms with Crippen LogP contribution in [0.25, 0.3) is 0 Å². The highest BCUT2D eigenvalue weighted by molar-refractivity contribution is 6.04. The van der Waals surface area contributed by atoms with E-state index in [4.69, 9.17) is 25.7 Å². The van der Waals surface area contributed by atoms with Gasteiger partial charge in [0.1, 0.15) is 5.84 Å². The van der Waals surface area contributed by atoms with E-state index in [1.807, 2.05) is 26.0 Å². The molecule has 1 aromatic rings. The van der Waals surface area contributed by atoms with Crippen molar-refractivity contribution in [2.45, 2.75) is 46.6 Å². The van der Waals surface area contributed by atoms with Crippen molar-refractivity contribution < 1.29 is 33.4 Å². The zero-order valence-electron chi connectivity index (χ0n) is 25.3. The maximum atomic E-state index is 12.3. The predicted octanol–water partition coefficient (Wildman–Crippen LogP) is 0.278. The predicted molar refractivity (Wildman–Crippen MR) is 161 cm³/mol. The quantitative estimate of drug-likeness (QED) is 0.0531. The molecular formula is C29H45N7O7. The number of amides is 4. The number of nitrogens with two attached hydrogens (primary N) is 2. The molecule has 0 spiro atoms. The second-order valence-electron chi connectivity index (χ2n) is 10.3. The fourth-order valence-electron chi connectivity index (χ4n) is 4.01. The third kappa shape index (κ3) is 13.8. The number of carbonyl (C=O) groups excluding carboxylic acids is 4. The molecule has 6 N–H and O–H groups in total. The Balaban J connectivity index is 1.41. The minimum Gasteiger partial charge on any atom is -0.386 e. The van der Waals surface area contributed by atoms with Crippen LogP contribution in [0.3, 0.4) is 0 Å². The number of rotatable bonds is 20. The van der Waals surface area contributed by atoms with Crippen LogP contribution in [-0.2, 0) is 39.9 Å². The summed E-state index contributed by atoms with van der Waals surface area (Å²) in [6, 6.07) is 7.28. The summed E-state index contributed by atoms with van der Waals surface area (Å²) in [5, 5.41) is 13.1. The number of ether oxygens (including phenoxy) is 3. The number of amidine groups is 2. The van der Waals surface area contributed by atoms with E-state index in [-0.39, 0.29) is 73.7 Å². The maximum Gasteiger partial charge on any atom is 0.233 e. The van der Waals surface area contributed by atoms with Gasteiger partial charge in [0.05, 0.1) is 39.6 Å². The normalized spacial score (nSPS) is 15.8. The van der Waals surface area contributed by atoms with Gasteiger partial charge in [0.15, 0.2) is 5.84 Å². The third-order valence-corrected chi connectivity index (χ3v) is 6.49. The van der Waals surface area contributed by atoms with E-state index in [1.165, 1.54) is 4.90 Å². The molecule has 4 amide bonds. The molecule has 1 saturated heterocycles. The largest absolute Gasteiger partial charge is 0.386 e. The van der Waals surface area contributed by atoms with Gasteiger partial charge in [-0.25, -0.2) is 0 Å². The van der Waals surface area contributed by atoms with Crippen LogP contribution in [0.4, 0.5) is 0 Å². The third-order valence-electron chi connectivity index (χ3n) is 6.49. The van der Waals surface area contributed by atoms with E-state index in [2.05, 4.69) is 20.8 Å². The highest BCUT2D eigenvalue weighted by atomic mass is 16.5. The van der Waals surface area contributed by atoms with E-state index in [1.54, 1.807) is 19.1 Å². The topological polar surface area (TPSA) is 200 Å². The Morgan fingerprint density at radius 3 is 2.12 bits per heavy atom. The molecule has 14 heteroatoms. The Hall–Kier alpha value is -3.88. The summed E-state index contributed by atoms with van der Waals surface area (Å²) in [6.45, 7) is 8.26. The number of likely N-dealkylation sites (tertiary alicyclic amines) is 1. The highest BCUT2D eigenvalue weighted by Gasteiger charge is 2.39. The van der Waals surface area contributed by atoms with Crippen LogP contribution in [0.1, 0.15) is 51.2 Å². The van der Waals surface area contributed by atoms with Crippen LogP contribution >= 0.6 is 0 Å². The molecule has 14 nitrogen and oxygen atoms in total. The van der Waals surface area contributed by atoms with Crippen molar-refractivity contribution in [3.63, 3.8) is 0 Å². The molecule has 0 saturated carbocycles. The van der Waals surface area contributed by atoms with E-state index in [9.17, 15) is 19.2 Å². The first-order valence-corrected chi connectivity index (χ1v) is 14.4. The van der Waals surface area contributed by atoms with Gasteiger partial charge in [-0.05, 0) is 18.4 Å². The van der Waals surface area contributed by atoms with Crippen molar-refractivity contribution in [1.29, 1.82) is 0 Å². The molecule has 1 unspecified atom stereocenters. The van der Waals surface area contributed by atoms with Gasteiger partial charge in [-0.3, -0.25) is 24.1 Å². The van der Waals surface area contributed by atoms with Crippen LogP contribution in [-0.4, -0.2) is 92.9 Å². The lowest BCUT2D eigenvalue weighted by Crippen LogP contribution is -2.36. The average Bonchev–Trinajstić information content (AvgIpc) is 3.27. The minimum atomic E-state index is -0.290. The van der Waals surface area contributed by atoms with Gasteiger partial charge in [0, 0.05) is 50.4 Å². The van der Waals surface area contributed by atoms with Gasteiger partial charge < -0.3 is 36.3 Å². The fourth-order valence-corrected chi connectivity index (χ4v) is 4.01. The van der Waals surface area contributed by atoms with Gasteiger partial charge in [0.25, 0.3) is 0 Å². The van der Waals surface area contributed by atoms with Gasteiger partial charge in [0.2, 0.25) is 23.6 Å². The lowest BCUT2D eigenvalue weighted by Gasteiger charge is -2.16. The number of carbonyl (C=O) groups is 4. The van der Waals surface area contributed by atoms with Gasteiger partial charge in [-0.1, -0.05) is 38.1 Å². The van der Waals surface area contributed by atoms with Crippen molar-refractivity contribution >= 4 is 35.3 Å². The number of benzene rings is 1. The minimum absolute atomic E-state index is 0.0690. The molecule has 0 radical (unpaired) electrons. The Labute approximate surface area is 252 Å². The number of nitrogens with one attached hydrogen (secondary N) is 2. The molecule has 1 aromatic carbocycles. The van der Waals surface area contributed by atoms with E-state index in [0.29, 0.717) is 57.5 Å². The van der Waals surface area contributed by atoms with Crippen molar-refractivity contribution in [3.8, 4) is 0 Å². The monoisotopic (exact) mass is 603 g/mol.